The third-order valence-electron chi connectivity index (χ3n) is 2.81. The van der Waals surface area contributed by atoms with Gasteiger partial charge in [0.15, 0.2) is 0 Å². The van der Waals surface area contributed by atoms with Crippen molar-refractivity contribution in [3.05, 3.63) is 29.3 Å². The first-order valence-corrected chi connectivity index (χ1v) is 6.51. The third kappa shape index (κ3) is 2.37. The Kier molecular flexibility index (Phi) is 3.37. The van der Waals surface area contributed by atoms with Crippen LogP contribution in [0.2, 0.25) is 0 Å². The van der Waals surface area contributed by atoms with Gasteiger partial charge in [-0.25, -0.2) is 0 Å². The van der Waals surface area contributed by atoms with Crippen LogP contribution in [0.25, 0.3) is 0 Å². The Morgan fingerprint density at radius 3 is 3.07 bits per heavy atom. The van der Waals surface area contributed by atoms with E-state index in [-0.39, 0.29) is 5.24 Å². The molecular formula is C12H13ClOS. The molecule has 3 heteroatoms. The zero-order valence-corrected chi connectivity index (χ0v) is 10.2. The summed E-state index contributed by atoms with van der Waals surface area (Å²) in [5.41, 5.74) is 1.97. The minimum absolute atomic E-state index is 0.365. The summed E-state index contributed by atoms with van der Waals surface area (Å²) in [5, 5.41) is -0.365. The molecule has 0 aliphatic carbocycles. The Bertz CT molecular complexity index is 389. The third-order valence-corrected chi connectivity index (χ3v) is 4.19. The van der Waals surface area contributed by atoms with Crippen molar-refractivity contribution in [3.63, 3.8) is 0 Å². The molecule has 2 rings (SSSR count). The fourth-order valence-corrected chi connectivity index (χ4v) is 3.21. The summed E-state index contributed by atoms with van der Waals surface area (Å²) < 4.78 is 0. The van der Waals surface area contributed by atoms with Crippen molar-refractivity contribution in [1.29, 1.82) is 0 Å². The molecule has 1 atom stereocenters. The number of halogens is 1. The number of carbonyl (C=O) groups excluding carboxylic acids is 1. The maximum Gasteiger partial charge on any atom is 0.252 e. The maximum atomic E-state index is 11.1. The summed E-state index contributed by atoms with van der Waals surface area (Å²) in [5.74, 6) is 1.73. The minimum atomic E-state index is -0.365. The second-order valence-corrected chi connectivity index (χ2v) is 5.40. The number of carbonyl (C=O) groups is 1. The first-order chi connectivity index (χ1) is 7.18. The van der Waals surface area contributed by atoms with Crippen LogP contribution in [0.3, 0.4) is 0 Å². The monoisotopic (exact) mass is 240 g/mol. The zero-order valence-electron chi connectivity index (χ0n) is 8.63. The molecule has 1 aromatic rings. The van der Waals surface area contributed by atoms with Gasteiger partial charge in [-0.05, 0) is 53.8 Å². The minimum Gasteiger partial charge on any atom is -0.276 e. The summed E-state index contributed by atoms with van der Waals surface area (Å²) in [4.78, 5) is 12.3. The molecule has 1 nitrogen and oxygen atoms in total. The molecule has 0 bridgehead atoms. The number of fused-ring (bicyclic) bond motifs is 1. The van der Waals surface area contributed by atoms with E-state index < -0.39 is 0 Å². The van der Waals surface area contributed by atoms with Crippen LogP contribution >= 0.6 is 23.4 Å². The first kappa shape index (κ1) is 11.0. The number of benzene rings is 1. The van der Waals surface area contributed by atoms with Crippen LogP contribution in [0.1, 0.15) is 41.6 Å². The molecule has 80 valence electrons. The lowest BCUT2D eigenvalue weighted by Gasteiger charge is -2.11. The smallest absolute Gasteiger partial charge is 0.252 e. The highest BCUT2D eigenvalue weighted by Gasteiger charge is 2.16. The average Bonchev–Trinajstić information content (AvgIpc) is 2.40. The van der Waals surface area contributed by atoms with E-state index in [0.717, 1.165) is 5.75 Å². The second-order valence-electron chi connectivity index (χ2n) is 3.92. The van der Waals surface area contributed by atoms with E-state index in [4.69, 9.17) is 11.6 Å². The van der Waals surface area contributed by atoms with Crippen molar-refractivity contribution < 1.29 is 4.79 Å². The van der Waals surface area contributed by atoms with Gasteiger partial charge in [-0.2, -0.15) is 0 Å². The molecule has 0 fully saturated rings. The van der Waals surface area contributed by atoms with Gasteiger partial charge in [0.1, 0.15) is 0 Å². The Morgan fingerprint density at radius 1 is 1.53 bits per heavy atom. The van der Waals surface area contributed by atoms with Gasteiger partial charge in [0.2, 0.25) is 0 Å². The Balaban J connectivity index is 2.42. The second kappa shape index (κ2) is 4.58. The van der Waals surface area contributed by atoms with Gasteiger partial charge in [-0.3, -0.25) is 4.79 Å². The average molecular weight is 241 g/mol. The van der Waals surface area contributed by atoms with E-state index in [0.29, 0.717) is 11.5 Å². The lowest BCUT2D eigenvalue weighted by molar-refractivity contribution is 0.108. The molecule has 1 aliphatic rings. The number of hydrogen-bond acceptors (Lipinski definition) is 2. The van der Waals surface area contributed by atoms with Crippen LogP contribution in [0.5, 0.6) is 0 Å². The molecule has 1 heterocycles. The SMILES string of the molecule is CC1CCCSc2cc(C(=O)Cl)ccc21. The summed E-state index contributed by atoms with van der Waals surface area (Å²) in [6, 6.07) is 5.81. The van der Waals surface area contributed by atoms with Crippen LogP contribution in [-0.2, 0) is 0 Å². The van der Waals surface area contributed by atoms with Crippen molar-refractivity contribution in [1.82, 2.24) is 0 Å². The lowest BCUT2D eigenvalue weighted by atomic mass is 9.96. The highest BCUT2D eigenvalue weighted by atomic mass is 35.5. The molecule has 1 unspecified atom stereocenters. The van der Waals surface area contributed by atoms with Crippen LogP contribution in [0.15, 0.2) is 23.1 Å². The van der Waals surface area contributed by atoms with Crippen molar-refractivity contribution in [3.8, 4) is 0 Å². The standard InChI is InChI=1S/C12H13ClOS/c1-8-3-2-6-15-11-7-9(12(13)14)4-5-10(8)11/h4-5,7-8H,2-3,6H2,1H3. The van der Waals surface area contributed by atoms with Gasteiger partial charge in [-0.1, -0.05) is 13.0 Å². The summed E-state index contributed by atoms with van der Waals surface area (Å²) >= 11 is 7.31. The van der Waals surface area contributed by atoms with Gasteiger partial charge in [0.05, 0.1) is 0 Å². The zero-order chi connectivity index (χ0) is 10.8. The van der Waals surface area contributed by atoms with Gasteiger partial charge >= 0.3 is 0 Å². The highest BCUT2D eigenvalue weighted by Crippen LogP contribution is 2.36. The Morgan fingerprint density at radius 2 is 2.33 bits per heavy atom. The molecule has 0 N–H and O–H groups in total. The van der Waals surface area contributed by atoms with E-state index in [1.54, 1.807) is 0 Å². The Labute approximate surface area is 99.2 Å². The fraction of sp³-hybridized carbons (Fsp3) is 0.417. The fourth-order valence-electron chi connectivity index (χ4n) is 1.92. The van der Waals surface area contributed by atoms with E-state index in [1.165, 1.54) is 23.3 Å². The van der Waals surface area contributed by atoms with Crippen LogP contribution in [-0.4, -0.2) is 11.0 Å². The molecule has 15 heavy (non-hydrogen) atoms. The van der Waals surface area contributed by atoms with Crippen molar-refractivity contribution in [2.45, 2.75) is 30.6 Å². The van der Waals surface area contributed by atoms with Crippen molar-refractivity contribution in [2.24, 2.45) is 0 Å². The molecule has 0 spiro atoms. The van der Waals surface area contributed by atoms with E-state index in [9.17, 15) is 4.79 Å². The Hall–Kier alpha value is -0.470. The topological polar surface area (TPSA) is 17.1 Å². The van der Waals surface area contributed by atoms with Crippen molar-refractivity contribution in [2.75, 3.05) is 5.75 Å². The van der Waals surface area contributed by atoms with Gasteiger partial charge in [0.25, 0.3) is 5.24 Å². The number of hydrogen-bond donors (Lipinski definition) is 0. The molecule has 1 aromatic carbocycles. The molecule has 1 aliphatic heterocycles. The first-order valence-electron chi connectivity index (χ1n) is 5.15. The van der Waals surface area contributed by atoms with Crippen molar-refractivity contribution >= 4 is 28.6 Å². The van der Waals surface area contributed by atoms with E-state index in [1.807, 2.05) is 30.0 Å². The summed E-state index contributed by atoms with van der Waals surface area (Å²) in [6.45, 7) is 2.24. The number of thioether (sulfide) groups is 1. The highest BCUT2D eigenvalue weighted by molar-refractivity contribution is 7.99. The molecule has 0 saturated carbocycles. The van der Waals surface area contributed by atoms with Gasteiger partial charge in [0, 0.05) is 10.5 Å². The molecular weight excluding hydrogens is 228 g/mol. The molecule has 0 amide bonds. The van der Waals surface area contributed by atoms with E-state index in [2.05, 4.69) is 6.92 Å². The maximum absolute atomic E-state index is 11.1. The number of rotatable bonds is 1. The van der Waals surface area contributed by atoms with Gasteiger partial charge < -0.3 is 0 Å². The predicted octanol–water partition coefficient (Wildman–Crippen LogP) is 4.06. The van der Waals surface area contributed by atoms with Gasteiger partial charge in [-0.15, -0.1) is 11.8 Å². The van der Waals surface area contributed by atoms with Crippen LogP contribution in [0, 0.1) is 0 Å². The quantitative estimate of drug-likeness (QED) is 0.689. The van der Waals surface area contributed by atoms with Crippen LogP contribution < -0.4 is 0 Å². The molecule has 0 radical (unpaired) electrons. The molecule has 0 aromatic heterocycles. The normalized spacial score (nSPS) is 20.5. The van der Waals surface area contributed by atoms with E-state index >= 15 is 0 Å². The van der Waals surface area contributed by atoms with Crippen LogP contribution in [0.4, 0.5) is 0 Å². The predicted molar refractivity (Wildman–Crippen MR) is 65.0 cm³/mol. The summed E-state index contributed by atoms with van der Waals surface area (Å²) in [7, 11) is 0. The summed E-state index contributed by atoms with van der Waals surface area (Å²) in [6.07, 6.45) is 2.47. The lowest BCUT2D eigenvalue weighted by Crippen LogP contribution is -1.96. The molecule has 0 saturated heterocycles. The largest absolute Gasteiger partial charge is 0.276 e.